The van der Waals surface area contributed by atoms with E-state index in [0.717, 1.165) is 23.2 Å². The second-order valence-electron chi connectivity index (χ2n) is 7.32. The molecule has 2 aromatic carbocycles. The molecule has 7 nitrogen and oxygen atoms in total. The second-order valence-corrected chi connectivity index (χ2v) is 9.18. The van der Waals surface area contributed by atoms with Crippen molar-refractivity contribution in [2.45, 2.75) is 27.2 Å². The number of thioether (sulfide) groups is 1. The zero-order chi connectivity index (χ0) is 24.0. The first-order valence-corrected chi connectivity index (χ1v) is 12.2. The Labute approximate surface area is 206 Å². The summed E-state index contributed by atoms with van der Waals surface area (Å²) in [6.45, 7) is 6.63. The molecule has 1 saturated heterocycles. The highest BCUT2D eigenvalue weighted by atomic mass is 79.9. The molecule has 0 aromatic heterocycles. The minimum absolute atomic E-state index is 0.0872. The third kappa shape index (κ3) is 6.39. The predicted molar refractivity (Wildman–Crippen MR) is 136 cm³/mol. The Bertz CT molecular complexity index is 1100. The van der Waals surface area contributed by atoms with Crippen LogP contribution < -0.4 is 15.2 Å². The number of aliphatic imine (C=N–C) groups is 1. The van der Waals surface area contributed by atoms with Gasteiger partial charge in [0.1, 0.15) is 0 Å². The molecule has 1 fully saturated rings. The van der Waals surface area contributed by atoms with Gasteiger partial charge in [-0.1, -0.05) is 24.6 Å². The summed E-state index contributed by atoms with van der Waals surface area (Å²) in [5.41, 5.74) is 7.90. The van der Waals surface area contributed by atoms with Crippen LogP contribution in [-0.2, 0) is 9.59 Å². The normalized spacial score (nSPS) is 16.0. The third-order valence-corrected chi connectivity index (χ3v) is 6.18. The lowest BCUT2D eigenvalue weighted by Gasteiger charge is -2.14. The lowest BCUT2D eigenvalue weighted by Crippen LogP contribution is -2.29. The van der Waals surface area contributed by atoms with Gasteiger partial charge >= 0.3 is 0 Å². The number of nitrogens with two attached hydrogens (primary N) is 1. The molecule has 9 heteroatoms. The molecule has 0 saturated carbocycles. The Kier molecular flexibility index (Phi) is 8.57. The predicted octanol–water partition coefficient (Wildman–Crippen LogP) is 5.03. The first-order chi connectivity index (χ1) is 15.8. The topological polar surface area (TPSA) is 94.2 Å². The fourth-order valence-corrected chi connectivity index (χ4v) is 4.71. The summed E-state index contributed by atoms with van der Waals surface area (Å²) in [5.74, 6) is 0.169. The van der Waals surface area contributed by atoms with Crippen molar-refractivity contribution in [3.63, 3.8) is 0 Å². The van der Waals surface area contributed by atoms with Gasteiger partial charge < -0.3 is 15.2 Å². The van der Waals surface area contributed by atoms with Gasteiger partial charge in [-0.15, -0.1) is 0 Å². The van der Waals surface area contributed by atoms with E-state index >= 15 is 0 Å². The minimum Gasteiger partial charge on any atom is -0.490 e. The van der Waals surface area contributed by atoms with E-state index in [1.165, 1.54) is 11.8 Å². The highest BCUT2D eigenvalue weighted by Crippen LogP contribution is 2.39. The Balaban J connectivity index is 1.95. The van der Waals surface area contributed by atoms with E-state index in [0.29, 0.717) is 39.2 Å². The molecule has 0 radical (unpaired) electrons. The summed E-state index contributed by atoms with van der Waals surface area (Å²) in [5, 5.41) is 0.655. The van der Waals surface area contributed by atoms with Gasteiger partial charge in [0.05, 0.1) is 21.7 Å². The van der Waals surface area contributed by atoms with Crippen LogP contribution in [0.25, 0.3) is 6.08 Å². The maximum absolute atomic E-state index is 13.1. The lowest BCUT2D eigenvalue weighted by atomic mass is 10.2. The van der Waals surface area contributed by atoms with E-state index < -0.39 is 5.91 Å². The SMILES string of the molecule is CCCN1C(=O)/C(=C\c2cc(Br)c(OCC(N)=O)c(OCC)c2)SC1=Nc1ccc(C)cc1. The third-order valence-electron chi connectivity index (χ3n) is 4.58. The molecule has 0 aliphatic carbocycles. The zero-order valence-corrected chi connectivity index (χ0v) is 21.2. The number of nitrogens with zero attached hydrogens (tertiary/aromatic N) is 2. The molecule has 0 atom stereocenters. The van der Waals surface area contributed by atoms with Crippen LogP contribution in [0.1, 0.15) is 31.4 Å². The molecule has 2 aromatic rings. The summed E-state index contributed by atoms with van der Waals surface area (Å²) < 4.78 is 11.8. The molecule has 1 aliphatic heterocycles. The fourth-order valence-electron chi connectivity index (χ4n) is 3.11. The molecule has 33 heavy (non-hydrogen) atoms. The van der Waals surface area contributed by atoms with Gasteiger partial charge in [-0.3, -0.25) is 14.5 Å². The van der Waals surface area contributed by atoms with Gasteiger partial charge in [0, 0.05) is 6.54 Å². The molecule has 1 heterocycles. The summed E-state index contributed by atoms with van der Waals surface area (Å²) in [4.78, 5) is 31.2. The number of hydrogen-bond donors (Lipinski definition) is 1. The summed E-state index contributed by atoms with van der Waals surface area (Å²) in [7, 11) is 0. The quantitative estimate of drug-likeness (QED) is 0.457. The van der Waals surface area contributed by atoms with Crippen LogP contribution in [0.3, 0.4) is 0 Å². The standard InChI is InChI=1S/C24H26BrN3O4S/c1-4-10-28-23(30)20(33-24(28)27-17-8-6-15(3)7-9-17)13-16-11-18(25)22(32-14-21(26)29)19(12-16)31-5-2/h6-9,11-13H,4-5,10,14H2,1-3H3,(H2,26,29)/b20-13+,27-24?. The van der Waals surface area contributed by atoms with Crippen LogP contribution in [0, 0.1) is 6.92 Å². The van der Waals surface area contributed by atoms with E-state index in [-0.39, 0.29) is 12.5 Å². The van der Waals surface area contributed by atoms with Crippen LogP contribution in [0.15, 0.2) is 50.8 Å². The van der Waals surface area contributed by atoms with E-state index in [1.54, 1.807) is 23.1 Å². The van der Waals surface area contributed by atoms with Crippen molar-refractivity contribution in [3.05, 3.63) is 56.9 Å². The van der Waals surface area contributed by atoms with Crippen molar-refractivity contribution in [1.29, 1.82) is 0 Å². The van der Waals surface area contributed by atoms with Gasteiger partial charge in [0.25, 0.3) is 11.8 Å². The Morgan fingerprint density at radius 1 is 1.21 bits per heavy atom. The molecule has 0 unspecified atom stereocenters. The number of halogens is 1. The van der Waals surface area contributed by atoms with E-state index in [4.69, 9.17) is 20.2 Å². The maximum Gasteiger partial charge on any atom is 0.266 e. The van der Waals surface area contributed by atoms with Crippen molar-refractivity contribution in [3.8, 4) is 11.5 Å². The molecule has 1 aliphatic rings. The molecule has 0 bridgehead atoms. The van der Waals surface area contributed by atoms with Gasteiger partial charge in [-0.2, -0.15) is 0 Å². The van der Waals surface area contributed by atoms with Gasteiger partial charge in [-0.05, 0) is 83.9 Å². The fraction of sp³-hybridized carbons (Fsp3) is 0.292. The monoisotopic (exact) mass is 531 g/mol. The molecule has 2 N–H and O–H groups in total. The van der Waals surface area contributed by atoms with E-state index in [1.807, 2.05) is 45.0 Å². The molecular weight excluding hydrogens is 506 g/mol. The Hall–Kier alpha value is -2.78. The first kappa shape index (κ1) is 24.9. The van der Waals surface area contributed by atoms with Gasteiger partial charge in [-0.25, -0.2) is 4.99 Å². The number of primary amides is 1. The minimum atomic E-state index is -0.583. The van der Waals surface area contributed by atoms with Crippen molar-refractivity contribution in [2.75, 3.05) is 19.8 Å². The molecule has 0 spiro atoms. The average molecular weight is 532 g/mol. The van der Waals surface area contributed by atoms with E-state index in [2.05, 4.69) is 15.9 Å². The number of carbonyl (C=O) groups is 2. The molecular formula is C24H26BrN3O4S. The number of benzene rings is 2. The molecule has 174 valence electrons. The number of amides is 2. The zero-order valence-electron chi connectivity index (χ0n) is 18.8. The van der Waals surface area contributed by atoms with Crippen molar-refractivity contribution < 1.29 is 19.1 Å². The van der Waals surface area contributed by atoms with Gasteiger partial charge in [0.15, 0.2) is 23.3 Å². The van der Waals surface area contributed by atoms with Crippen molar-refractivity contribution >= 4 is 56.4 Å². The number of ether oxygens (including phenoxy) is 2. The Morgan fingerprint density at radius 3 is 2.58 bits per heavy atom. The lowest BCUT2D eigenvalue weighted by molar-refractivity contribution is -0.122. The number of rotatable bonds is 9. The van der Waals surface area contributed by atoms with Gasteiger partial charge in [0.2, 0.25) is 0 Å². The summed E-state index contributed by atoms with van der Waals surface area (Å²) >= 11 is 4.81. The van der Waals surface area contributed by atoms with Crippen LogP contribution >= 0.6 is 27.7 Å². The van der Waals surface area contributed by atoms with E-state index in [9.17, 15) is 9.59 Å². The largest absolute Gasteiger partial charge is 0.490 e. The van der Waals surface area contributed by atoms with Crippen LogP contribution in [0.4, 0.5) is 5.69 Å². The number of hydrogen-bond acceptors (Lipinski definition) is 6. The Morgan fingerprint density at radius 2 is 1.94 bits per heavy atom. The number of aryl methyl sites for hydroxylation is 1. The number of carbonyl (C=O) groups excluding carboxylic acids is 2. The average Bonchev–Trinajstić information content (AvgIpc) is 3.04. The first-order valence-electron chi connectivity index (χ1n) is 10.6. The van der Waals surface area contributed by atoms with Crippen molar-refractivity contribution in [2.24, 2.45) is 10.7 Å². The highest BCUT2D eigenvalue weighted by molar-refractivity contribution is 9.10. The summed E-state index contributed by atoms with van der Waals surface area (Å²) in [6, 6.07) is 11.4. The molecule has 2 amide bonds. The number of amidine groups is 1. The summed E-state index contributed by atoms with van der Waals surface area (Å²) in [6.07, 6.45) is 2.62. The maximum atomic E-state index is 13.1. The highest BCUT2D eigenvalue weighted by Gasteiger charge is 2.33. The van der Waals surface area contributed by atoms with Crippen molar-refractivity contribution in [1.82, 2.24) is 4.90 Å². The van der Waals surface area contributed by atoms with Crippen LogP contribution in [0.5, 0.6) is 11.5 Å². The smallest absolute Gasteiger partial charge is 0.266 e. The second kappa shape index (κ2) is 11.4. The molecule has 3 rings (SSSR count). The van der Waals surface area contributed by atoms with Crippen LogP contribution in [-0.4, -0.2) is 41.6 Å². The van der Waals surface area contributed by atoms with Crippen LogP contribution in [0.2, 0.25) is 0 Å².